The number of nitrogens with zero attached hydrogens (tertiary/aromatic N) is 2. The van der Waals surface area contributed by atoms with Crippen molar-refractivity contribution in [2.45, 2.75) is 19.4 Å². The highest BCUT2D eigenvalue weighted by molar-refractivity contribution is 6.06. The second-order valence-electron chi connectivity index (χ2n) is 5.60. The molecule has 4 rings (SSSR count). The molecule has 1 fully saturated rings. The minimum atomic E-state index is 0.978. The molecule has 0 spiro atoms. The van der Waals surface area contributed by atoms with Crippen molar-refractivity contribution in [3.63, 3.8) is 0 Å². The Labute approximate surface area is 119 Å². The van der Waals surface area contributed by atoms with Gasteiger partial charge in [-0.3, -0.25) is 9.88 Å². The van der Waals surface area contributed by atoms with Gasteiger partial charge in [-0.25, -0.2) is 0 Å². The van der Waals surface area contributed by atoms with Crippen LogP contribution in [0.4, 0.5) is 0 Å². The quantitative estimate of drug-likeness (QED) is 0.649. The van der Waals surface area contributed by atoms with Gasteiger partial charge < -0.3 is 0 Å². The Morgan fingerprint density at radius 3 is 2.25 bits per heavy atom. The summed E-state index contributed by atoms with van der Waals surface area (Å²) in [6.45, 7) is 3.40. The summed E-state index contributed by atoms with van der Waals surface area (Å²) in [5, 5.41) is 3.89. The molecule has 1 aliphatic heterocycles. The maximum Gasteiger partial charge on any atom is 0.0712 e. The van der Waals surface area contributed by atoms with Crippen molar-refractivity contribution < 1.29 is 0 Å². The van der Waals surface area contributed by atoms with Crippen LogP contribution in [0.5, 0.6) is 0 Å². The van der Waals surface area contributed by atoms with Crippen molar-refractivity contribution in [3.05, 3.63) is 54.2 Å². The number of benzene rings is 2. The molecule has 2 heteroatoms. The molecule has 20 heavy (non-hydrogen) atoms. The highest BCUT2D eigenvalue weighted by Gasteiger charge is 2.15. The van der Waals surface area contributed by atoms with Gasteiger partial charge in [0.2, 0.25) is 0 Å². The van der Waals surface area contributed by atoms with Crippen LogP contribution in [0.15, 0.2) is 48.5 Å². The first-order valence-electron chi connectivity index (χ1n) is 7.40. The molecular formula is C18H18N2. The number of pyridine rings is 1. The standard InChI is InChI=1S/C18H18N2/c1-2-9-16-14(7-1)15-8-3-4-10-17(15)19-18(16)13-20-11-5-6-12-20/h1-4,7-10H,5-6,11-13H2. The van der Waals surface area contributed by atoms with Gasteiger partial charge in [-0.05, 0) is 37.4 Å². The monoisotopic (exact) mass is 262 g/mol. The summed E-state index contributed by atoms with van der Waals surface area (Å²) in [7, 11) is 0. The van der Waals surface area contributed by atoms with Crippen LogP contribution in [0.3, 0.4) is 0 Å². The Kier molecular flexibility index (Phi) is 2.89. The van der Waals surface area contributed by atoms with Gasteiger partial charge in [0, 0.05) is 17.3 Å². The summed E-state index contributed by atoms with van der Waals surface area (Å²) in [6.07, 6.45) is 2.65. The van der Waals surface area contributed by atoms with Crippen LogP contribution in [0.25, 0.3) is 21.7 Å². The van der Waals surface area contributed by atoms with Crippen LogP contribution in [0, 0.1) is 0 Å². The third-order valence-corrected chi connectivity index (χ3v) is 4.26. The molecule has 0 atom stereocenters. The van der Waals surface area contributed by atoms with E-state index < -0.39 is 0 Å². The van der Waals surface area contributed by atoms with Crippen molar-refractivity contribution in [1.29, 1.82) is 0 Å². The van der Waals surface area contributed by atoms with E-state index >= 15 is 0 Å². The van der Waals surface area contributed by atoms with Crippen molar-refractivity contribution in [1.82, 2.24) is 9.88 Å². The molecule has 0 bridgehead atoms. The van der Waals surface area contributed by atoms with Crippen molar-refractivity contribution >= 4 is 21.7 Å². The number of aromatic nitrogens is 1. The number of para-hydroxylation sites is 1. The molecule has 2 nitrogen and oxygen atoms in total. The Balaban J connectivity index is 1.92. The van der Waals surface area contributed by atoms with E-state index in [4.69, 9.17) is 4.98 Å². The summed E-state index contributed by atoms with van der Waals surface area (Å²) in [5.41, 5.74) is 2.33. The predicted molar refractivity (Wildman–Crippen MR) is 83.8 cm³/mol. The molecule has 1 saturated heterocycles. The second-order valence-corrected chi connectivity index (χ2v) is 5.60. The van der Waals surface area contributed by atoms with Gasteiger partial charge in [0.1, 0.15) is 0 Å². The van der Waals surface area contributed by atoms with Crippen LogP contribution in [0.1, 0.15) is 18.5 Å². The fraction of sp³-hybridized carbons (Fsp3) is 0.278. The van der Waals surface area contributed by atoms with Crippen LogP contribution >= 0.6 is 0 Å². The van der Waals surface area contributed by atoms with E-state index in [0.717, 1.165) is 12.1 Å². The van der Waals surface area contributed by atoms with E-state index in [1.165, 1.54) is 47.8 Å². The van der Waals surface area contributed by atoms with Crippen molar-refractivity contribution in [3.8, 4) is 0 Å². The largest absolute Gasteiger partial charge is 0.297 e. The topological polar surface area (TPSA) is 16.1 Å². The Morgan fingerprint density at radius 1 is 0.800 bits per heavy atom. The number of likely N-dealkylation sites (tertiary alicyclic amines) is 1. The molecule has 0 unspecified atom stereocenters. The second kappa shape index (κ2) is 4.88. The van der Waals surface area contributed by atoms with E-state index in [-0.39, 0.29) is 0 Å². The lowest BCUT2D eigenvalue weighted by atomic mass is 10.0. The highest BCUT2D eigenvalue weighted by atomic mass is 15.1. The summed E-state index contributed by atoms with van der Waals surface area (Å²) >= 11 is 0. The zero-order chi connectivity index (χ0) is 13.4. The first kappa shape index (κ1) is 11.9. The van der Waals surface area contributed by atoms with Gasteiger partial charge >= 0.3 is 0 Å². The average Bonchev–Trinajstić information content (AvgIpc) is 3.00. The Bertz CT molecular complexity index is 758. The molecule has 0 saturated carbocycles. The molecule has 3 aromatic rings. The maximum absolute atomic E-state index is 4.93. The van der Waals surface area contributed by atoms with Gasteiger partial charge in [-0.1, -0.05) is 42.5 Å². The molecule has 1 aromatic heterocycles. The van der Waals surface area contributed by atoms with Gasteiger partial charge in [-0.2, -0.15) is 0 Å². The van der Waals surface area contributed by atoms with Crippen molar-refractivity contribution in [2.24, 2.45) is 0 Å². The van der Waals surface area contributed by atoms with Crippen LogP contribution in [-0.4, -0.2) is 23.0 Å². The minimum absolute atomic E-state index is 0.978. The molecule has 0 amide bonds. The SMILES string of the molecule is c1ccc2c(c1)nc(CN1CCCC1)c1ccccc12. The molecule has 0 aliphatic carbocycles. The van der Waals surface area contributed by atoms with E-state index in [1.54, 1.807) is 0 Å². The summed E-state index contributed by atoms with van der Waals surface area (Å²) in [4.78, 5) is 7.44. The maximum atomic E-state index is 4.93. The molecular weight excluding hydrogens is 244 g/mol. The third-order valence-electron chi connectivity index (χ3n) is 4.26. The van der Waals surface area contributed by atoms with Crippen molar-refractivity contribution in [2.75, 3.05) is 13.1 Å². The molecule has 0 N–H and O–H groups in total. The number of rotatable bonds is 2. The normalized spacial score (nSPS) is 16.2. The first-order chi connectivity index (χ1) is 9.92. The lowest BCUT2D eigenvalue weighted by molar-refractivity contribution is 0.329. The third kappa shape index (κ3) is 1.97. The van der Waals surface area contributed by atoms with Gasteiger partial charge in [-0.15, -0.1) is 0 Å². The zero-order valence-corrected chi connectivity index (χ0v) is 11.5. The summed E-state index contributed by atoms with van der Waals surface area (Å²) < 4.78 is 0. The van der Waals surface area contributed by atoms with Crippen LogP contribution in [0.2, 0.25) is 0 Å². The van der Waals surface area contributed by atoms with E-state index in [2.05, 4.69) is 53.4 Å². The van der Waals surface area contributed by atoms with Crippen LogP contribution in [-0.2, 0) is 6.54 Å². The molecule has 0 radical (unpaired) electrons. The van der Waals surface area contributed by atoms with Crippen LogP contribution < -0.4 is 0 Å². The number of hydrogen-bond donors (Lipinski definition) is 0. The first-order valence-corrected chi connectivity index (χ1v) is 7.40. The predicted octanol–water partition coefficient (Wildman–Crippen LogP) is 3.98. The molecule has 2 heterocycles. The van der Waals surface area contributed by atoms with E-state index in [0.29, 0.717) is 0 Å². The van der Waals surface area contributed by atoms with Gasteiger partial charge in [0.15, 0.2) is 0 Å². The van der Waals surface area contributed by atoms with Gasteiger partial charge in [0.25, 0.3) is 0 Å². The summed E-state index contributed by atoms with van der Waals surface area (Å²) in [6, 6.07) is 17.1. The molecule has 1 aliphatic rings. The smallest absolute Gasteiger partial charge is 0.0712 e. The number of hydrogen-bond acceptors (Lipinski definition) is 2. The summed E-state index contributed by atoms with van der Waals surface area (Å²) in [5.74, 6) is 0. The zero-order valence-electron chi connectivity index (χ0n) is 11.5. The molecule has 2 aromatic carbocycles. The average molecular weight is 262 g/mol. The van der Waals surface area contributed by atoms with E-state index in [1.807, 2.05) is 0 Å². The number of fused-ring (bicyclic) bond motifs is 3. The highest BCUT2D eigenvalue weighted by Crippen LogP contribution is 2.27. The fourth-order valence-corrected chi connectivity index (χ4v) is 3.25. The Morgan fingerprint density at radius 2 is 1.45 bits per heavy atom. The van der Waals surface area contributed by atoms with Gasteiger partial charge in [0.05, 0.1) is 11.2 Å². The molecule has 100 valence electrons. The Hall–Kier alpha value is -1.93. The lowest BCUT2D eigenvalue weighted by Gasteiger charge is -2.16. The lowest BCUT2D eigenvalue weighted by Crippen LogP contribution is -2.19. The fourth-order valence-electron chi connectivity index (χ4n) is 3.25. The van der Waals surface area contributed by atoms with E-state index in [9.17, 15) is 0 Å². The minimum Gasteiger partial charge on any atom is -0.297 e.